The number of fused-ring (bicyclic) bond motifs is 18. The van der Waals surface area contributed by atoms with E-state index in [1.54, 1.807) is 20.8 Å². The Morgan fingerprint density at radius 2 is 1.32 bits per heavy atom. The third-order valence-electron chi connectivity index (χ3n) is 23.2. The summed E-state index contributed by atoms with van der Waals surface area (Å²) in [5.41, 5.74) is 12.2. The SMILES string of the molecule is CC(=O)[C@H]1NC(=O)[C@@H](c2ccc(O)c(-c3c(O)cc(O)cc3[C@H](N)C(=O)O)c2)NC(=O)[C@@H]2NC(=O)[C@H](CC(N)=O)NC(=O)C(NC(=O)[C@@H](CC(C)C)N(C)c3nc(Cl)nc(Nc4ccc(-c5c6ccc(=O)cc-6oc6cc(O)ccc56)c(C(=O)O)c4)n3)[C@H](O)c3ccc(c(Cl)c3)Oc3cc2cc(c3OC2OC(CO)C(O)C(O)C2OC2C[C@](C)([NH3+])C(O)C(C)O2)Oc2ccc(cc2Cl)[C@H]1O. The van der Waals surface area contributed by atoms with Gasteiger partial charge in [0.1, 0.15) is 130 Å². The number of aliphatic carboxylic acids is 1. The van der Waals surface area contributed by atoms with Crippen molar-refractivity contribution in [1.29, 1.82) is 0 Å². The number of likely N-dealkylation sites (N-methyl/N-ethyl adjacent to an activating group) is 1. The number of Topliss-reactive ketones (excluding diaryl/α,β-unsaturated/α-hetero) is 1. The number of carbonyl (C=O) groups is 9. The molecular formula is C90H91Cl3N13O29+. The van der Waals surface area contributed by atoms with Crippen LogP contribution < -0.4 is 73.6 Å². The number of rotatable bonds is 22. The largest absolute Gasteiger partial charge is 0.508 e. The molecule has 9 unspecified atom stereocenters. The minimum absolute atomic E-state index is 0.0645. The Bertz CT molecular complexity index is 6410. The van der Waals surface area contributed by atoms with E-state index in [1.165, 1.54) is 79.5 Å². The lowest BCUT2D eigenvalue weighted by molar-refractivity contribution is -0.518. The minimum atomic E-state index is -2.47. The summed E-state index contributed by atoms with van der Waals surface area (Å²) in [6, 6.07) is 10.6. The summed E-state index contributed by atoms with van der Waals surface area (Å²) < 4.78 is 44.8. The van der Waals surface area contributed by atoms with Gasteiger partial charge in [0.25, 0.3) is 0 Å². The molecule has 18 atom stereocenters. The maximum Gasteiger partial charge on any atom is 0.336 e. The number of aromatic carboxylic acids is 1. The Morgan fingerprint density at radius 3 is 1.95 bits per heavy atom. The normalized spacial score (nSPS) is 24.2. The number of primary amides is 1. The number of phenolic OH excluding ortho intramolecular Hbond substituents is 4. The van der Waals surface area contributed by atoms with Crippen molar-refractivity contribution < 1.29 is 143 Å². The number of ketones is 1. The number of benzene rings is 8. The average Bonchev–Trinajstić information content (AvgIpc) is 0.747. The number of nitrogens with zero attached hydrogens (tertiary/aromatic N) is 4. The van der Waals surface area contributed by atoms with Crippen LogP contribution in [0.1, 0.15) is 122 Å². The fraction of sp³-hybridized carbons (Fsp3) is 0.322. The van der Waals surface area contributed by atoms with Crippen molar-refractivity contribution >= 4 is 117 Å². The highest BCUT2D eigenvalue weighted by atomic mass is 35.5. The molecule has 7 aliphatic heterocycles. The third-order valence-corrected chi connectivity index (χ3v) is 24.0. The molecule has 0 saturated carbocycles. The Balaban J connectivity index is 0.897. The molecule has 0 spiro atoms. The number of nitrogens with one attached hydrogen (secondary N) is 6. The molecule has 1 aromatic heterocycles. The highest BCUT2D eigenvalue weighted by molar-refractivity contribution is 6.32. The minimum Gasteiger partial charge on any atom is -0.508 e. The van der Waals surface area contributed by atoms with Gasteiger partial charge >= 0.3 is 11.9 Å². The topological polar surface area (TPSA) is 676 Å². The number of carboxylic acid groups (broad SMARTS) is 2. The first-order valence-electron chi connectivity index (χ1n) is 41.6. The Morgan fingerprint density at radius 1 is 0.674 bits per heavy atom. The molecule has 0 radical (unpaired) electrons. The molecular weight excluding hydrogens is 1830 g/mol. The van der Waals surface area contributed by atoms with Crippen LogP contribution >= 0.6 is 34.8 Å². The number of phenols is 4. The van der Waals surface area contributed by atoms with Gasteiger partial charge in [0.15, 0.2) is 35.1 Å². The van der Waals surface area contributed by atoms with Crippen molar-refractivity contribution in [2.24, 2.45) is 17.4 Å². The van der Waals surface area contributed by atoms with Gasteiger partial charge in [-0.3, -0.25) is 43.2 Å². The molecule has 2 fully saturated rings. The van der Waals surface area contributed by atoms with Gasteiger partial charge in [-0.15, -0.1) is 0 Å². The van der Waals surface area contributed by atoms with E-state index >= 15 is 24.0 Å². The summed E-state index contributed by atoms with van der Waals surface area (Å²) in [4.78, 5) is 159. The monoisotopic (exact) mass is 1920 g/mol. The second-order valence-corrected chi connectivity index (χ2v) is 34.7. The molecule has 2 saturated heterocycles. The zero-order valence-electron chi connectivity index (χ0n) is 72.0. The van der Waals surface area contributed by atoms with Crippen molar-refractivity contribution in [2.45, 2.75) is 163 Å². The van der Waals surface area contributed by atoms with Crippen LogP contribution in [0.25, 0.3) is 44.5 Å². The van der Waals surface area contributed by atoms with Gasteiger partial charge in [-0.2, -0.15) is 15.0 Å². The lowest BCUT2D eigenvalue weighted by Crippen LogP contribution is -2.81. The third kappa shape index (κ3) is 20.7. The second-order valence-electron chi connectivity index (χ2n) is 33.5. The lowest BCUT2D eigenvalue weighted by atomic mass is 9.86. The van der Waals surface area contributed by atoms with E-state index in [0.29, 0.717) is 16.5 Å². The molecule has 8 aliphatic rings. The zero-order chi connectivity index (χ0) is 97.7. The highest BCUT2D eigenvalue weighted by Gasteiger charge is 2.53. The Labute approximate surface area is 779 Å². The van der Waals surface area contributed by atoms with Crippen molar-refractivity contribution in [1.82, 2.24) is 41.5 Å². The number of carbonyl (C=O) groups excluding carboxylic acids is 7. The number of quaternary nitrogens is 1. The van der Waals surface area contributed by atoms with Gasteiger partial charge < -0.3 is 148 Å². The van der Waals surface area contributed by atoms with Crippen molar-refractivity contribution in [2.75, 3.05) is 23.9 Å². The van der Waals surface area contributed by atoms with Crippen LogP contribution in [0, 0.1) is 5.92 Å². The number of hydrogen-bond donors (Lipinski definition) is 21. The molecule has 8 heterocycles. The molecule has 7 bridgehead atoms. The predicted octanol–water partition coefficient (Wildman–Crippen LogP) is 4.59. The molecule has 42 nitrogen and oxygen atoms in total. The molecule has 135 heavy (non-hydrogen) atoms. The average molecular weight is 1930 g/mol. The number of aliphatic hydroxyl groups excluding tert-OH is 6. The van der Waals surface area contributed by atoms with Crippen LogP contribution in [0.4, 0.5) is 17.6 Å². The molecule has 710 valence electrons. The molecule has 6 amide bonds. The quantitative estimate of drug-likeness (QED) is 0.0413. The van der Waals surface area contributed by atoms with E-state index in [-0.39, 0.29) is 75.5 Å². The summed E-state index contributed by atoms with van der Waals surface area (Å²) in [5.74, 6) is -18.9. The maximum absolute atomic E-state index is 16.4. The van der Waals surface area contributed by atoms with Crippen LogP contribution in [0.2, 0.25) is 15.3 Å². The summed E-state index contributed by atoms with van der Waals surface area (Å²) in [7, 11) is 1.35. The molecule has 1 aliphatic carbocycles. The van der Waals surface area contributed by atoms with E-state index < -0.39 is 270 Å². The number of carboxylic acids is 2. The van der Waals surface area contributed by atoms with E-state index in [2.05, 4.69) is 52.6 Å². The van der Waals surface area contributed by atoms with Gasteiger partial charge in [0.2, 0.25) is 64.7 Å². The number of aliphatic hydroxyl groups is 6. The molecule has 45 heteroatoms. The first-order valence-corrected chi connectivity index (χ1v) is 42.8. The van der Waals surface area contributed by atoms with Gasteiger partial charge in [-0.05, 0) is 169 Å². The first-order chi connectivity index (χ1) is 63.8. The maximum atomic E-state index is 16.4. The van der Waals surface area contributed by atoms with Crippen LogP contribution in [-0.2, 0) is 52.6 Å². The number of amides is 6. The van der Waals surface area contributed by atoms with Gasteiger partial charge in [-0.1, -0.05) is 61.3 Å². The first kappa shape index (κ1) is 97.3. The predicted molar refractivity (Wildman–Crippen MR) is 475 cm³/mol. The fourth-order valence-corrected chi connectivity index (χ4v) is 17.0. The van der Waals surface area contributed by atoms with Crippen LogP contribution in [0.5, 0.6) is 51.7 Å². The number of aromatic nitrogens is 3. The number of ether oxygens (including phenoxy) is 6. The number of hydrogen-bond acceptors (Lipinski definition) is 33. The Kier molecular flexibility index (Phi) is 28.4. The fourth-order valence-electron chi connectivity index (χ4n) is 16.4. The second kappa shape index (κ2) is 39.5. The Hall–Kier alpha value is -13.7. The number of anilines is 3. The standard InChI is InChI=1S/C90H90Cl3N13O29/c1-33(2)19-53(106(6)89-104-87(93)103-88(105-89)97-40-10-13-44(47(25-40)84(125)126)65-45-14-11-41(109)28-58(45)132-59-29-42(110)12-15-46(59)65)80(121)102-71-73(116)38-9-18-57(51(92)22-38)131-61-24-39-23-60(76(61)135-86-77(75(118)74(117)62(32-107)133-86)134-64-31-90(5,96)78(119)35(4)129-64)130-56-17-8-37(21-50(56)91)72(115)68(34(3)108)99-81(122)69(101-82(123)70(39)100-79(120)52(30-63(94)114)98-83(71)124)36-7-16-54(112)48(20-36)66-49(67(95)85(127)128)26-43(111)27-55(66)113/h7-18,20-29,33,35,52-53,62,64,67-75,77-78,86,107,109,111-113,115-119H,19,30-32,95-96H2,1-6H3,(H2,94,114)(H,98,124)(H,99,122)(H,100,120)(H,101,123)(H,102,121)(H,125,126)(H,127,128)(H,97,103,104,105)/p+1/t35?,52-,53+,62?,64?,67-,68+,69+,70+,71?,72+,73+,74?,75?,77?,78?,86?,90-/m0/s1. The smallest absolute Gasteiger partial charge is 0.336 e. The van der Waals surface area contributed by atoms with E-state index in [1.807, 2.05) is 0 Å². The summed E-state index contributed by atoms with van der Waals surface area (Å²) in [5, 5.41) is 150. The highest BCUT2D eigenvalue weighted by Crippen LogP contribution is 2.51. The molecule has 8 aromatic rings. The van der Waals surface area contributed by atoms with Crippen molar-refractivity contribution in [3.8, 4) is 85.3 Å². The van der Waals surface area contributed by atoms with Crippen molar-refractivity contribution in [3.05, 3.63) is 192 Å². The van der Waals surface area contributed by atoms with Crippen LogP contribution in [0.15, 0.2) is 143 Å². The van der Waals surface area contributed by atoms with Gasteiger partial charge in [0.05, 0.1) is 41.2 Å². The lowest BCUT2D eigenvalue weighted by Gasteiger charge is -2.45. The number of aromatic hydroxyl groups is 4. The number of nitrogens with two attached hydrogens (primary N) is 2. The molecule has 16 rings (SSSR count). The van der Waals surface area contributed by atoms with Crippen LogP contribution in [0.3, 0.4) is 0 Å². The summed E-state index contributed by atoms with van der Waals surface area (Å²) in [6.07, 6.45) is -19.2. The van der Waals surface area contributed by atoms with E-state index in [9.17, 15) is 85.3 Å². The van der Waals surface area contributed by atoms with E-state index in [0.717, 1.165) is 79.7 Å². The molecule has 25 N–H and O–H groups in total. The van der Waals surface area contributed by atoms with Gasteiger partial charge in [0, 0.05) is 58.6 Å². The molecule has 7 aromatic carbocycles. The van der Waals surface area contributed by atoms with Gasteiger partial charge in [-0.25, -0.2) is 4.79 Å². The number of halogens is 3. The summed E-state index contributed by atoms with van der Waals surface area (Å²) in [6.45, 7) is 6.49. The van der Waals surface area contributed by atoms with Crippen LogP contribution in [-0.4, -0.2) is 222 Å². The van der Waals surface area contributed by atoms with E-state index in [4.69, 9.17) is 79.1 Å². The zero-order valence-corrected chi connectivity index (χ0v) is 74.3. The summed E-state index contributed by atoms with van der Waals surface area (Å²) >= 11 is 21.0. The van der Waals surface area contributed by atoms with Crippen molar-refractivity contribution in [3.63, 3.8) is 0 Å².